The molecule has 42 valence electrons. The van der Waals surface area contributed by atoms with Crippen molar-refractivity contribution in [3.8, 4) is 0 Å². The van der Waals surface area contributed by atoms with Crippen LogP contribution in [0.25, 0.3) is 0 Å². The molecule has 0 fully saturated rings. The van der Waals surface area contributed by atoms with Gasteiger partial charge >= 0.3 is 0 Å². The van der Waals surface area contributed by atoms with Gasteiger partial charge in [0.05, 0.1) is 0 Å². The van der Waals surface area contributed by atoms with Gasteiger partial charge in [-0.1, -0.05) is 6.42 Å². The van der Waals surface area contributed by atoms with Crippen molar-refractivity contribution in [2.45, 2.75) is 12.8 Å². The van der Waals surface area contributed by atoms with Gasteiger partial charge in [0.1, 0.15) is 0 Å². The van der Waals surface area contributed by atoms with Gasteiger partial charge in [0.2, 0.25) is 0 Å². The number of allylic oxidation sites excluding steroid dienone is 4. The largest absolute Gasteiger partial charge is 0.242 e. The molecule has 0 spiro atoms. The average Bonchev–Trinajstić information content (AvgIpc) is 1.69. The first-order valence-electron chi connectivity index (χ1n) is 2.57. The summed E-state index contributed by atoms with van der Waals surface area (Å²) in [6, 6.07) is 0. The zero-order valence-electron chi connectivity index (χ0n) is 4.85. The molecule has 0 atom stereocenters. The second kappa shape index (κ2) is 4.30. The summed E-state index contributed by atoms with van der Waals surface area (Å²) in [5, 5.41) is 0. The normalized spacial score (nSPS) is 16.8. The van der Waals surface area contributed by atoms with E-state index in [1.807, 2.05) is 0 Å². The molecule has 8 heavy (non-hydrogen) atoms. The summed E-state index contributed by atoms with van der Waals surface area (Å²) >= 11 is 0. The molecule has 0 aromatic carbocycles. The fraction of sp³-hybridized carbons (Fsp3) is 0.286. The van der Waals surface area contributed by atoms with Gasteiger partial charge in [0, 0.05) is 31.1 Å². The molecule has 1 heteroatoms. The minimum absolute atomic E-state index is 0. The maximum Gasteiger partial charge on any atom is 0 e. The Morgan fingerprint density at radius 3 is 2.50 bits per heavy atom. The Balaban J connectivity index is 0.000000490. The molecule has 0 aromatic rings. The maximum absolute atomic E-state index is 3.81. The van der Waals surface area contributed by atoms with Crippen molar-refractivity contribution in [2.24, 2.45) is 0 Å². The molecule has 0 bridgehead atoms. The fourth-order valence-corrected chi connectivity index (χ4v) is 0.652. The van der Waals surface area contributed by atoms with Crippen LogP contribution in [-0.4, -0.2) is 0 Å². The van der Waals surface area contributed by atoms with E-state index in [0.717, 1.165) is 6.42 Å². The van der Waals surface area contributed by atoms with E-state index >= 15 is 0 Å². The van der Waals surface area contributed by atoms with E-state index in [0.29, 0.717) is 0 Å². The molecule has 0 unspecified atom stereocenters. The van der Waals surface area contributed by atoms with Gasteiger partial charge in [-0.2, -0.15) is 0 Å². The molecule has 0 nitrogen and oxygen atoms in total. The van der Waals surface area contributed by atoms with Crippen molar-refractivity contribution in [3.05, 3.63) is 30.7 Å². The topological polar surface area (TPSA) is 0 Å². The SMILES string of the molecule is [CH2-]C1=CC=CCC1.[U]. The molecule has 0 saturated heterocycles. The zero-order chi connectivity index (χ0) is 5.11. The number of hydrogen-bond donors (Lipinski definition) is 0. The first-order valence-corrected chi connectivity index (χ1v) is 2.57. The van der Waals surface area contributed by atoms with Gasteiger partial charge in [0.15, 0.2) is 0 Å². The molecule has 0 saturated carbocycles. The van der Waals surface area contributed by atoms with Crippen LogP contribution in [0.15, 0.2) is 23.8 Å². The van der Waals surface area contributed by atoms with Crippen LogP contribution >= 0.6 is 0 Å². The summed E-state index contributed by atoms with van der Waals surface area (Å²) in [7, 11) is 0. The van der Waals surface area contributed by atoms with Gasteiger partial charge < -0.3 is 0 Å². The van der Waals surface area contributed by atoms with Crippen LogP contribution in [0.1, 0.15) is 12.8 Å². The van der Waals surface area contributed by atoms with Crippen LogP contribution in [0.5, 0.6) is 0 Å². The molecule has 1 rings (SSSR count). The Morgan fingerprint density at radius 2 is 2.25 bits per heavy atom. The molecule has 0 amide bonds. The third-order valence-corrected chi connectivity index (χ3v) is 1.10. The minimum Gasteiger partial charge on any atom is -0.242 e. The summed E-state index contributed by atoms with van der Waals surface area (Å²) in [5.41, 5.74) is 1.25. The molecule has 0 heterocycles. The van der Waals surface area contributed by atoms with Crippen LogP contribution in [0.2, 0.25) is 0 Å². The first-order chi connectivity index (χ1) is 3.39. The summed E-state index contributed by atoms with van der Waals surface area (Å²) < 4.78 is 0. The van der Waals surface area contributed by atoms with E-state index in [2.05, 4.69) is 25.2 Å². The average molecular weight is 331 g/mol. The fourth-order valence-electron chi connectivity index (χ4n) is 0.652. The summed E-state index contributed by atoms with van der Waals surface area (Å²) in [5.74, 6) is 0. The van der Waals surface area contributed by atoms with Crippen molar-refractivity contribution >= 4 is 0 Å². The van der Waals surface area contributed by atoms with Gasteiger partial charge in [-0.05, 0) is 6.42 Å². The molecule has 0 radical (unpaired) electrons. The Labute approximate surface area is 74.4 Å². The zero-order valence-corrected chi connectivity index (χ0v) is 9.02. The summed E-state index contributed by atoms with van der Waals surface area (Å²) in [4.78, 5) is 0. The second-order valence-electron chi connectivity index (χ2n) is 1.79. The van der Waals surface area contributed by atoms with E-state index < -0.39 is 0 Å². The first kappa shape index (κ1) is 8.40. The monoisotopic (exact) mass is 331 g/mol. The standard InChI is InChI=1S/C7H9.U/c1-7-5-3-2-4-6-7;/h2-3,5H,1,4,6H2;/q-1;. The number of hydrogen-bond acceptors (Lipinski definition) is 0. The third kappa shape index (κ3) is 2.65. The van der Waals surface area contributed by atoms with Crippen molar-refractivity contribution in [3.63, 3.8) is 0 Å². The van der Waals surface area contributed by atoms with Crippen molar-refractivity contribution in [2.75, 3.05) is 0 Å². The van der Waals surface area contributed by atoms with Crippen LogP contribution in [0.4, 0.5) is 0 Å². The number of rotatable bonds is 0. The van der Waals surface area contributed by atoms with E-state index in [1.165, 1.54) is 12.0 Å². The van der Waals surface area contributed by atoms with Crippen LogP contribution < -0.4 is 0 Å². The molecule has 1 aliphatic rings. The molecular formula is C7H9U-. The van der Waals surface area contributed by atoms with E-state index in [4.69, 9.17) is 0 Å². The minimum atomic E-state index is 0. The second-order valence-corrected chi connectivity index (χ2v) is 1.79. The van der Waals surface area contributed by atoms with Crippen LogP contribution in [-0.2, 0) is 0 Å². The molecular weight excluding hydrogens is 322 g/mol. The van der Waals surface area contributed by atoms with Gasteiger partial charge in [-0.25, -0.2) is 18.6 Å². The van der Waals surface area contributed by atoms with Gasteiger partial charge in [0.25, 0.3) is 0 Å². The van der Waals surface area contributed by atoms with Crippen molar-refractivity contribution < 1.29 is 31.1 Å². The quantitative estimate of drug-likeness (QED) is 0.597. The van der Waals surface area contributed by atoms with Crippen molar-refractivity contribution in [1.29, 1.82) is 0 Å². The molecule has 0 aliphatic heterocycles. The molecule has 0 N–H and O–H groups in total. The Morgan fingerprint density at radius 1 is 1.50 bits per heavy atom. The smallest absolute Gasteiger partial charge is 0 e. The van der Waals surface area contributed by atoms with Gasteiger partial charge in [-0.15, -0.1) is 12.2 Å². The Kier molecular flexibility index (Phi) is 4.51. The Bertz CT molecular complexity index is 112. The summed E-state index contributed by atoms with van der Waals surface area (Å²) in [6.07, 6.45) is 8.61. The van der Waals surface area contributed by atoms with Crippen LogP contribution in [0, 0.1) is 38.0 Å². The van der Waals surface area contributed by atoms with E-state index in [1.54, 1.807) is 0 Å². The maximum atomic E-state index is 3.81. The third-order valence-electron chi connectivity index (χ3n) is 1.10. The van der Waals surface area contributed by atoms with Crippen LogP contribution in [0.3, 0.4) is 0 Å². The Hall–Kier alpha value is 0.402. The van der Waals surface area contributed by atoms with E-state index in [-0.39, 0.29) is 31.1 Å². The van der Waals surface area contributed by atoms with Crippen molar-refractivity contribution in [1.82, 2.24) is 0 Å². The molecule has 1 aliphatic carbocycles. The summed E-state index contributed by atoms with van der Waals surface area (Å²) in [6.45, 7) is 3.81. The predicted molar refractivity (Wildman–Crippen MR) is 31.8 cm³/mol. The molecule has 0 aromatic heterocycles. The van der Waals surface area contributed by atoms with Gasteiger partial charge in [-0.3, -0.25) is 0 Å². The van der Waals surface area contributed by atoms with E-state index in [9.17, 15) is 0 Å². The predicted octanol–water partition coefficient (Wildman–Crippen LogP) is 2.10.